The molecule has 1 aliphatic rings. The van der Waals surface area contributed by atoms with Gasteiger partial charge in [-0.15, -0.1) is 12.4 Å². The maximum Gasteiger partial charge on any atom is 0.257 e. The van der Waals surface area contributed by atoms with E-state index in [0.717, 1.165) is 25.9 Å². The van der Waals surface area contributed by atoms with Gasteiger partial charge in [-0.2, -0.15) is 5.10 Å². The molecular weight excluding hydrogens is 312 g/mol. The first-order valence-corrected chi connectivity index (χ1v) is 7.79. The van der Waals surface area contributed by atoms with E-state index in [-0.39, 0.29) is 18.3 Å². The highest BCUT2D eigenvalue weighted by Gasteiger charge is 2.24. The number of likely N-dealkylation sites (N-methyl/N-ethyl adjacent to an activating group) is 1. The van der Waals surface area contributed by atoms with Gasteiger partial charge in [0, 0.05) is 25.3 Å². The Morgan fingerprint density at radius 3 is 2.87 bits per heavy atom. The number of carbonyl (C=O) groups excluding carboxylic acids is 1. The molecule has 0 aliphatic carbocycles. The molecule has 1 amide bonds. The summed E-state index contributed by atoms with van der Waals surface area (Å²) in [6.45, 7) is 2.30. The van der Waals surface area contributed by atoms with Gasteiger partial charge < -0.3 is 10.2 Å². The number of amides is 1. The predicted octanol–water partition coefficient (Wildman–Crippen LogP) is 2.18. The Hall–Kier alpha value is -1.85. The largest absolute Gasteiger partial charge is 0.337 e. The average molecular weight is 335 g/mol. The predicted molar refractivity (Wildman–Crippen MR) is 93.0 cm³/mol. The molecule has 1 aromatic heterocycles. The highest BCUT2D eigenvalue weighted by molar-refractivity contribution is 5.93. The summed E-state index contributed by atoms with van der Waals surface area (Å²) in [5, 5.41) is 7.58. The lowest BCUT2D eigenvalue weighted by atomic mass is 10.1. The van der Waals surface area contributed by atoms with Gasteiger partial charge in [-0.25, -0.2) is 0 Å². The molecule has 1 atom stereocenters. The lowest BCUT2D eigenvalue weighted by Crippen LogP contribution is -2.46. The third-order valence-electron chi connectivity index (χ3n) is 4.18. The molecule has 1 fully saturated rings. The molecule has 0 bridgehead atoms. The van der Waals surface area contributed by atoms with Crippen LogP contribution in [0.25, 0.3) is 0 Å². The Kier molecular flexibility index (Phi) is 6.19. The molecule has 1 aromatic carbocycles. The number of rotatable bonds is 4. The van der Waals surface area contributed by atoms with Crippen molar-refractivity contribution in [1.29, 1.82) is 0 Å². The van der Waals surface area contributed by atoms with E-state index >= 15 is 0 Å². The van der Waals surface area contributed by atoms with Crippen LogP contribution in [-0.4, -0.2) is 46.8 Å². The van der Waals surface area contributed by atoms with Crippen LogP contribution in [0.3, 0.4) is 0 Å². The fourth-order valence-corrected chi connectivity index (χ4v) is 2.91. The molecule has 6 heteroatoms. The van der Waals surface area contributed by atoms with Crippen molar-refractivity contribution < 1.29 is 4.79 Å². The van der Waals surface area contributed by atoms with Crippen molar-refractivity contribution >= 4 is 18.3 Å². The Morgan fingerprint density at radius 2 is 2.13 bits per heavy atom. The molecule has 0 radical (unpaired) electrons. The summed E-state index contributed by atoms with van der Waals surface area (Å²) in [4.78, 5) is 14.5. The minimum Gasteiger partial charge on any atom is -0.337 e. The fraction of sp³-hybridized carbons (Fsp3) is 0.412. The van der Waals surface area contributed by atoms with Crippen molar-refractivity contribution in [3.05, 3.63) is 53.9 Å². The van der Waals surface area contributed by atoms with Crippen molar-refractivity contribution in [3.63, 3.8) is 0 Å². The number of nitrogens with zero attached hydrogens (tertiary/aromatic N) is 3. The van der Waals surface area contributed by atoms with Gasteiger partial charge >= 0.3 is 0 Å². The first kappa shape index (κ1) is 17.5. The normalized spacial score (nSPS) is 17.6. The molecule has 0 saturated carbocycles. The molecule has 2 heterocycles. The number of benzene rings is 1. The SMILES string of the molecule is CNC1CCCN(C(=O)c2cnn(Cc3ccccc3)c2)C1.Cl. The van der Waals surface area contributed by atoms with Crippen LogP contribution in [-0.2, 0) is 6.54 Å². The van der Waals surface area contributed by atoms with Gasteiger partial charge in [0.05, 0.1) is 18.3 Å². The summed E-state index contributed by atoms with van der Waals surface area (Å²) < 4.78 is 1.82. The number of hydrogen-bond donors (Lipinski definition) is 1. The number of carbonyl (C=O) groups is 1. The quantitative estimate of drug-likeness (QED) is 0.932. The summed E-state index contributed by atoms with van der Waals surface area (Å²) in [6.07, 6.45) is 5.70. The first-order valence-electron chi connectivity index (χ1n) is 7.79. The second-order valence-electron chi connectivity index (χ2n) is 5.79. The zero-order valence-corrected chi connectivity index (χ0v) is 14.1. The first-order chi connectivity index (χ1) is 10.8. The molecule has 0 spiro atoms. The van der Waals surface area contributed by atoms with E-state index < -0.39 is 0 Å². The Morgan fingerprint density at radius 1 is 1.35 bits per heavy atom. The molecule has 1 unspecified atom stereocenters. The van der Waals surface area contributed by atoms with Crippen LogP contribution in [0.4, 0.5) is 0 Å². The van der Waals surface area contributed by atoms with E-state index in [9.17, 15) is 4.79 Å². The van der Waals surface area contributed by atoms with Crippen molar-refractivity contribution in [2.45, 2.75) is 25.4 Å². The van der Waals surface area contributed by atoms with Crippen molar-refractivity contribution in [2.24, 2.45) is 0 Å². The fourth-order valence-electron chi connectivity index (χ4n) is 2.91. The van der Waals surface area contributed by atoms with Crippen LogP contribution in [0.2, 0.25) is 0 Å². The molecular formula is C17H23ClN4O. The van der Waals surface area contributed by atoms with E-state index in [0.29, 0.717) is 18.2 Å². The zero-order valence-electron chi connectivity index (χ0n) is 13.3. The summed E-state index contributed by atoms with van der Waals surface area (Å²) in [5.41, 5.74) is 1.85. The second-order valence-corrected chi connectivity index (χ2v) is 5.79. The van der Waals surface area contributed by atoms with Gasteiger partial charge in [-0.05, 0) is 25.5 Å². The Balaban J connectivity index is 0.00000192. The third-order valence-corrected chi connectivity index (χ3v) is 4.18. The van der Waals surface area contributed by atoms with E-state index in [1.165, 1.54) is 5.56 Å². The van der Waals surface area contributed by atoms with Crippen LogP contribution in [0.15, 0.2) is 42.7 Å². The van der Waals surface area contributed by atoms with Crippen molar-refractivity contribution in [3.8, 4) is 0 Å². The number of halogens is 1. The molecule has 3 rings (SSSR count). The summed E-state index contributed by atoms with van der Waals surface area (Å²) in [5.74, 6) is 0.0826. The molecule has 1 saturated heterocycles. The Bertz CT molecular complexity index is 629. The summed E-state index contributed by atoms with van der Waals surface area (Å²) in [6, 6.07) is 10.5. The highest BCUT2D eigenvalue weighted by Crippen LogP contribution is 2.14. The van der Waals surface area contributed by atoms with Crippen LogP contribution in [0, 0.1) is 0 Å². The lowest BCUT2D eigenvalue weighted by Gasteiger charge is -2.32. The smallest absolute Gasteiger partial charge is 0.257 e. The molecule has 5 nitrogen and oxygen atoms in total. The minimum atomic E-state index is 0. The van der Waals surface area contributed by atoms with Crippen LogP contribution in [0.1, 0.15) is 28.8 Å². The van der Waals surface area contributed by atoms with E-state index in [1.54, 1.807) is 6.20 Å². The van der Waals surface area contributed by atoms with Gasteiger partial charge in [0.2, 0.25) is 0 Å². The number of aromatic nitrogens is 2. The zero-order chi connectivity index (χ0) is 15.4. The van der Waals surface area contributed by atoms with Crippen LogP contribution < -0.4 is 5.32 Å². The molecule has 2 aromatic rings. The highest BCUT2D eigenvalue weighted by atomic mass is 35.5. The third kappa shape index (κ3) is 4.33. The van der Waals surface area contributed by atoms with Crippen LogP contribution in [0.5, 0.6) is 0 Å². The molecule has 124 valence electrons. The van der Waals surface area contributed by atoms with Gasteiger partial charge in [0.1, 0.15) is 0 Å². The van der Waals surface area contributed by atoms with Gasteiger partial charge in [0.25, 0.3) is 5.91 Å². The van der Waals surface area contributed by atoms with Gasteiger partial charge in [-0.1, -0.05) is 30.3 Å². The monoisotopic (exact) mass is 334 g/mol. The number of likely N-dealkylation sites (tertiary alicyclic amines) is 1. The standard InChI is InChI=1S/C17H22N4O.ClH/c1-18-16-8-5-9-20(13-16)17(22)15-10-19-21(12-15)11-14-6-3-2-4-7-14;/h2-4,6-7,10,12,16,18H,5,8-9,11,13H2,1H3;1H. The molecule has 23 heavy (non-hydrogen) atoms. The minimum absolute atomic E-state index is 0. The summed E-state index contributed by atoms with van der Waals surface area (Å²) in [7, 11) is 1.95. The van der Waals surface area contributed by atoms with E-state index in [4.69, 9.17) is 0 Å². The van der Waals surface area contributed by atoms with Crippen molar-refractivity contribution in [1.82, 2.24) is 20.0 Å². The maximum atomic E-state index is 12.6. The average Bonchev–Trinajstić information content (AvgIpc) is 3.03. The second kappa shape index (κ2) is 8.13. The molecule has 1 aliphatic heterocycles. The van der Waals surface area contributed by atoms with E-state index in [1.807, 2.05) is 41.0 Å². The summed E-state index contributed by atoms with van der Waals surface area (Å²) >= 11 is 0. The lowest BCUT2D eigenvalue weighted by molar-refractivity contribution is 0.0698. The topological polar surface area (TPSA) is 50.2 Å². The molecule has 1 N–H and O–H groups in total. The maximum absolute atomic E-state index is 12.6. The van der Waals surface area contributed by atoms with Crippen LogP contribution >= 0.6 is 12.4 Å². The van der Waals surface area contributed by atoms with Gasteiger partial charge in [-0.3, -0.25) is 9.48 Å². The number of nitrogens with one attached hydrogen (secondary N) is 1. The number of piperidine rings is 1. The Labute approximate surface area is 143 Å². The number of hydrogen-bond acceptors (Lipinski definition) is 3. The van der Waals surface area contributed by atoms with E-state index in [2.05, 4.69) is 22.5 Å². The van der Waals surface area contributed by atoms with Crippen molar-refractivity contribution in [2.75, 3.05) is 20.1 Å². The van der Waals surface area contributed by atoms with Gasteiger partial charge in [0.15, 0.2) is 0 Å².